The molecule has 1 saturated carbocycles. The van der Waals surface area contributed by atoms with Gasteiger partial charge in [0, 0.05) is 16.6 Å². The summed E-state index contributed by atoms with van der Waals surface area (Å²) in [5, 5.41) is 15.2. The second-order valence-corrected chi connectivity index (χ2v) is 8.03. The Morgan fingerprint density at radius 3 is 2.73 bits per heavy atom. The monoisotopic (exact) mass is 399 g/mol. The summed E-state index contributed by atoms with van der Waals surface area (Å²) in [6, 6.07) is 18.1. The van der Waals surface area contributed by atoms with Crippen molar-refractivity contribution >= 4 is 10.9 Å². The van der Waals surface area contributed by atoms with Gasteiger partial charge >= 0.3 is 0 Å². The predicted octanol–water partition coefficient (Wildman–Crippen LogP) is 3.82. The fraction of sp³-hybridized carbons (Fsp3) is 0.292. The molecule has 0 amide bonds. The number of nitrogens with two attached hydrogens (primary N) is 1. The van der Waals surface area contributed by atoms with Gasteiger partial charge in [0.25, 0.3) is 0 Å². The molecular formula is C24H25N5O. The highest BCUT2D eigenvalue weighted by Crippen LogP contribution is 2.36. The number of nitrogens with zero attached hydrogens (tertiary/aromatic N) is 4. The van der Waals surface area contributed by atoms with E-state index < -0.39 is 0 Å². The largest absolute Gasteiger partial charge is 0.393 e. The van der Waals surface area contributed by atoms with E-state index in [4.69, 9.17) is 15.7 Å². The molecule has 0 aliphatic heterocycles. The lowest BCUT2D eigenvalue weighted by molar-refractivity contribution is 0.0302. The molecular weight excluding hydrogens is 374 g/mol. The molecule has 3 aromatic heterocycles. The molecule has 6 nitrogen and oxygen atoms in total. The van der Waals surface area contributed by atoms with Gasteiger partial charge in [-0.25, -0.2) is 9.67 Å². The summed E-state index contributed by atoms with van der Waals surface area (Å²) >= 11 is 0. The zero-order valence-corrected chi connectivity index (χ0v) is 16.9. The van der Waals surface area contributed by atoms with Crippen LogP contribution in [0, 0.1) is 5.92 Å². The van der Waals surface area contributed by atoms with E-state index in [0.717, 1.165) is 58.6 Å². The number of fused-ring (bicyclic) bond motifs is 1. The van der Waals surface area contributed by atoms with Crippen LogP contribution in [0.4, 0.5) is 0 Å². The SMILES string of the molecule is CCc1cccc(-n2ncc3ccc(-c4cccc([C@@H](N)C5CC(O)C5)n4)cc32)n1. The molecule has 0 saturated heterocycles. The summed E-state index contributed by atoms with van der Waals surface area (Å²) in [5.74, 6) is 1.11. The van der Waals surface area contributed by atoms with Crippen LogP contribution in [-0.4, -0.2) is 31.0 Å². The number of aromatic nitrogens is 4. The lowest BCUT2D eigenvalue weighted by Gasteiger charge is -2.35. The van der Waals surface area contributed by atoms with Gasteiger partial charge in [0.15, 0.2) is 5.82 Å². The third-order valence-electron chi connectivity index (χ3n) is 6.01. The van der Waals surface area contributed by atoms with Crippen LogP contribution in [0.3, 0.4) is 0 Å². The Balaban J connectivity index is 1.52. The predicted molar refractivity (Wildman–Crippen MR) is 117 cm³/mol. The van der Waals surface area contributed by atoms with Crippen LogP contribution in [0.1, 0.15) is 37.2 Å². The van der Waals surface area contributed by atoms with Gasteiger partial charge in [-0.15, -0.1) is 0 Å². The average Bonchev–Trinajstić information content (AvgIpc) is 3.20. The van der Waals surface area contributed by atoms with Crippen LogP contribution < -0.4 is 5.73 Å². The van der Waals surface area contributed by atoms with Crippen molar-refractivity contribution in [2.24, 2.45) is 11.7 Å². The molecule has 1 fully saturated rings. The molecule has 1 aromatic carbocycles. The second kappa shape index (κ2) is 7.63. The fourth-order valence-corrected chi connectivity index (χ4v) is 4.10. The topological polar surface area (TPSA) is 89.9 Å². The first kappa shape index (κ1) is 18.9. The maximum Gasteiger partial charge on any atom is 0.154 e. The zero-order valence-electron chi connectivity index (χ0n) is 16.9. The van der Waals surface area contributed by atoms with E-state index in [-0.39, 0.29) is 12.1 Å². The van der Waals surface area contributed by atoms with Gasteiger partial charge in [-0.3, -0.25) is 4.98 Å². The molecule has 5 rings (SSSR count). The maximum absolute atomic E-state index is 9.59. The quantitative estimate of drug-likeness (QED) is 0.532. The van der Waals surface area contributed by atoms with E-state index >= 15 is 0 Å². The van der Waals surface area contributed by atoms with E-state index in [9.17, 15) is 5.11 Å². The van der Waals surface area contributed by atoms with Crippen molar-refractivity contribution in [3.8, 4) is 17.1 Å². The van der Waals surface area contributed by atoms with Crippen molar-refractivity contribution in [2.45, 2.75) is 38.3 Å². The van der Waals surface area contributed by atoms with E-state index in [1.807, 2.05) is 47.3 Å². The molecule has 152 valence electrons. The average molecular weight is 399 g/mol. The third-order valence-corrected chi connectivity index (χ3v) is 6.01. The Bertz CT molecular complexity index is 1200. The van der Waals surface area contributed by atoms with Crippen molar-refractivity contribution < 1.29 is 5.11 Å². The van der Waals surface area contributed by atoms with E-state index in [0.29, 0.717) is 5.92 Å². The summed E-state index contributed by atoms with van der Waals surface area (Å²) < 4.78 is 1.88. The molecule has 30 heavy (non-hydrogen) atoms. The molecule has 0 spiro atoms. The van der Waals surface area contributed by atoms with Gasteiger partial charge in [0.2, 0.25) is 0 Å². The zero-order chi connectivity index (χ0) is 20.7. The number of rotatable bonds is 5. The normalized spacial score (nSPS) is 19.6. The Morgan fingerprint density at radius 2 is 1.93 bits per heavy atom. The Hall–Kier alpha value is -3.09. The van der Waals surface area contributed by atoms with Gasteiger partial charge in [-0.1, -0.05) is 31.2 Å². The molecule has 1 aliphatic carbocycles. The minimum Gasteiger partial charge on any atom is -0.393 e. The van der Waals surface area contributed by atoms with Crippen molar-refractivity contribution in [1.29, 1.82) is 0 Å². The van der Waals surface area contributed by atoms with Gasteiger partial charge in [0.1, 0.15) is 0 Å². The molecule has 1 aliphatic rings. The number of hydrogen-bond donors (Lipinski definition) is 2. The molecule has 0 radical (unpaired) electrons. The molecule has 3 heterocycles. The van der Waals surface area contributed by atoms with Crippen LogP contribution in [0.2, 0.25) is 0 Å². The van der Waals surface area contributed by atoms with E-state index in [1.165, 1.54) is 0 Å². The van der Waals surface area contributed by atoms with E-state index in [2.05, 4.69) is 30.2 Å². The number of aliphatic hydroxyl groups excluding tert-OH is 1. The lowest BCUT2D eigenvalue weighted by Crippen LogP contribution is -2.36. The van der Waals surface area contributed by atoms with Gasteiger partial charge < -0.3 is 10.8 Å². The highest BCUT2D eigenvalue weighted by molar-refractivity contribution is 5.84. The summed E-state index contributed by atoms with van der Waals surface area (Å²) in [7, 11) is 0. The van der Waals surface area contributed by atoms with Crippen molar-refractivity contribution in [2.75, 3.05) is 0 Å². The summed E-state index contributed by atoms with van der Waals surface area (Å²) in [6.45, 7) is 2.10. The number of aryl methyl sites for hydroxylation is 1. The number of aliphatic hydroxyl groups is 1. The highest BCUT2D eigenvalue weighted by atomic mass is 16.3. The highest BCUT2D eigenvalue weighted by Gasteiger charge is 2.33. The summed E-state index contributed by atoms with van der Waals surface area (Å²) in [4.78, 5) is 9.55. The Labute approximate surface area is 175 Å². The van der Waals surface area contributed by atoms with Crippen molar-refractivity contribution in [1.82, 2.24) is 19.7 Å². The fourth-order valence-electron chi connectivity index (χ4n) is 4.10. The first-order chi connectivity index (χ1) is 14.6. The van der Waals surface area contributed by atoms with Crippen molar-refractivity contribution in [3.63, 3.8) is 0 Å². The van der Waals surface area contributed by atoms with Gasteiger partial charge in [-0.2, -0.15) is 5.10 Å². The molecule has 4 aromatic rings. The van der Waals surface area contributed by atoms with Crippen LogP contribution in [0.15, 0.2) is 60.8 Å². The Kier molecular flexibility index (Phi) is 4.81. The minimum atomic E-state index is -0.216. The third kappa shape index (κ3) is 3.38. The number of benzene rings is 1. The first-order valence-electron chi connectivity index (χ1n) is 10.5. The van der Waals surface area contributed by atoms with Crippen LogP contribution in [0.5, 0.6) is 0 Å². The molecule has 6 heteroatoms. The summed E-state index contributed by atoms with van der Waals surface area (Å²) in [6.07, 6.45) is 4.03. The number of hydrogen-bond acceptors (Lipinski definition) is 5. The van der Waals surface area contributed by atoms with Crippen molar-refractivity contribution in [3.05, 3.63) is 72.2 Å². The smallest absolute Gasteiger partial charge is 0.154 e. The Morgan fingerprint density at radius 1 is 1.10 bits per heavy atom. The van der Waals surface area contributed by atoms with E-state index in [1.54, 1.807) is 0 Å². The van der Waals surface area contributed by atoms with Crippen LogP contribution in [0.25, 0.3) is 28.0 Å². The standard InChI is InChI=1S/C24H25N5O/c1-2-18-5-3-8-23(27-18)29-22-13-15(9-10-16(22)14-26-29)20-6-4-7-21(28-20)24(25)17-11-19(30)12-17/h3-10,13-14,17,19,24,30H,2,11-12,25H2,1H3/t17?,19?,24-/m0/s1. The lowest BCUT2D eigenvalue weighted by atomic mass is 9.76. The van der Waals surface area contributed by atoms with Gasteiger partial charge in [0.05, 0.1) is 35.2 Å². The van der Waals surface area contributed by atoms with Crippen LogP contribution in [-0.2, 0) is 6.42 Å². The molecule has 3 N–H and O–H groups in total. The molecule has 0 bridgehead atoms. The molecule has 1 atom stereocenters. The molecule has 0 unspecified atom stereocenters. The first-order valence-corrected chi connectivity index (χ1v) is 10.5. The number of pyridine rings is 2. The summed E-state index contributed by atoms with van der Waals surface area (Å²) in [5.41, 5.74) is 11.2. The maximum atomic E-state index is 9.59. The van der Waals surface area contributed by atoms with Gasteiger partial charge in [-0.05, 0) is 55.5 Å². The minimum absolute atomic E-state index is 0.149. The van der Waals surface area contributed by atoms with Crippen LogP contribution >= 0.6 is 0 Å². The second-order valence-electron chi connectivity index (χ2n) is 8.03.